The molecular formula is C44H50O4. The minimum atomic E-state index is 0.138. The first kappa shape index (κ1) is 35.9. The highest BCUT2D eigenvalue weighted by atomic mass is 16.3. The molecule has 0 bridgehead atoms. The van der Waals surface area contributed by atoms with Crippen LogP contribution in [0.1, 0.15) is 87.5 Å². The molecule has 0 aliphatic rings. The molecular weight excluding hydrogens is 592 g/mol. The van der Waals surface area contributed by atoms with Crippen LogP contribution in [0, 0.1) is 6.92 Å². The van der Waals surface area contributed by atoms with Crippen LogP contribution in [-0.2, 0) is 51.4 Å². The van der Waals surface area contributed by atoms with Crippen molar-refractivity contribution in [3.8, 4) is 23.0 Å². The summed E-state index contributed by atoms with van der Waals surface area (Å²) < 4.78 is 0. The van der Waals surface area contributed by atoms with E-state index in [0.29, 0.717) is 67.2 Å². The Kier molecular flexibility index (Phi) is 11.8. The molecule has 0 aliphatic heterocycles. The molecule has 4 heteroatoms. The number of phenolic OH excluding ortho intramolecular Hbond substituents is 4. The van der Waals surface area contributed by atoms with E-state index >= 15 is 0 Å². The van der Waals surface area contributed by atoms with Crippen molar-refractivity contribution in [1.82, 2.24) is 0 Å². The fraction of sp³-hybridized carbons (Fsp3) is 0.273. The molecule has 0 unspecified atom stereocenters. The van der Waals surface area contributed by atoms with Crippen LogP contribution >= 0.6 is 0 Å². The topological polar surface area (TPSA) is 80.9 Å². The van der Waals surface area contributed by atoms with E-state index in [1.807, 2.05) is 88.4 Å². The number of aromatic hydroxyl groups is 4. The Bertz CT molecular complexity index is 1870. The van der Waals surface area contributed by atoms with Crippen LogP contribution in [0.25, 0.3) is 0 Å². The van der Waals surface area contributed by atoms with E-state index < -0.39 is 0 Å². The van der Waals surface area contributed by atoms with Gasteiger partial charge in [-0.2, -0.15) is 0 Å². The molecule has 4 nitrogen and oxygen atoms in total. The Morgan fingerprint density at radius 3 is 1.19 bits per heavy atom. The summed E-state index contributed by atoms with van der Waals surface area (Å²) in [5.41, 5.74) is 12.0. The van der Waals surface area contributed by atoms with Gasteiger partial charge in [0.1, 0.15) is 23.0 Å². The molecule has 0 heterocycles. The van der Waals surface area contributed by atoms with Gasteiger partial charge in [0.2, 0.25) is 0 Å². The Morgan fingerprint density at radius 1 is 0.521 bits per heavy atom. The largest absolute Gasteiger partial charge is 0.507 e. The van der Waals surface area contributed by atoms with E-state index in [0.717, 1.165) is 55.7 Å². The molecule has 0 saturated carbocycles. The van der Waals surface area contributed by atoms with E-state index in [2.05, 4.69) is 26.3 Å². The summed E-state index contributed by atoms with van der Waals surface area (Å²) in [4.78, 5) is 0. The third-order valence-electron chi connectivity index (χ3n) is 8.72. The highest BCUT2D eigenvalue weighted by Crippen LogP contribution is 2.37. The number of aryl methyl sites for hydroxylation is 2. The zero-order valence-electron chi connectivity index (χ0n) is 29.0. The third-order valence-corrected chi connectivity index (χ3v) is 8.72. The lowest BCUT2D eigenvalue weighted by atomic mass is 9.89. The van der Waals surface area contributed by atoms with Crippen molar-refractivity contribution in [1.29, 1.82) is 0 Å². The first-order chi connectivity index (χ1) is 22.8. The minimum Gasteiger partial charge on any atom is -0.507 e. The van der Waals surface area contributed by atoms with Gasteiger partial charge in [0.25, 0.3) is 0 Å². The lowest BCUT2D eigenvalue weighted by Gasteiger charge is -2.18. The van der Waals surface area contributed by atoms with Gasteiger partial charge in [-0.05, 0) is 120 Å². The molecule has 0 fully saturated rings. The maximum absolute atomic E-state index is 11.7. The second-order valence-corrected chi connectivity index (χ2v) is 13.3. The molecule has 0 spiro atoms. The number of hydrogen-bond donors (Lipinski definition) is 4. The Balaban J connectivity index is 1.81. The first-order valence-corrected chi connectivity index (χ1v) is 16.7. The molecule has 4 aromatic rings. The number of phenols is 4. The van der Waals surface area contributed by atoms with Gasteiger partial charge in [0, 0.05) is 19.3 Å². The summed E-state index contributed by atoms with van der Waals surface area (Å²) in [6.07, 6.45) is 7.98. The van der Waals surface area contributed by atoms with Gasteiger partial charge in [-0.15, -0.1) is 13.2 Å². The molecule has 0 aliphatic carbocycles. The van der Waals surface area contributed by atoms with Crippen LogP contribution in [-0.4, -0.2) is 20.4 Å². The fourth-order valence-corrected chi connectivity index (χ4v) is 6.59. The predicted octanol–water partition coefficient (Wildman–Crippen LogP) is 9.85. The van der Waals surface area contributed by atoms with Gasteiger partial charge in [0.05, 0.1) is 0 Å². The van der Waals surface area contributed by atoms with Crippen molar-refractivity contribution in [3.05, 3.63) is 165 Å². The normalized spacial score (nSPS) is 11.0. The Labute approximate surface area is 286 Å². The average molecular weight is 643 g/mol. The zero-order chi connectivity index (χ0) is 35.1. The van der Waals surface area contributed by atoms with Crippen molar-refractivity contribution < 1.29 is 20.4 Å². The molecule has 0 atom stereocenters. The second-order valence-electron chi connectivity index (χ2n) is 13.3. The zero-order valence-corrected chi connectivity index (χ0v) is 29.0. The molecule has 0 saturated heterocycles. The maximum atomic E-state index is 11.7. The molecule has 48 heavy (non-hydrogen) atoms. The fourth-order valence-electron chi connectivity index (χ4n) is 6.59. The van der Waals surface area contributed by atoms with E-state index in [1.165, 1.54) is 0 Å². The van der Waals surface area contributed by atoms with Gasteiger partial charge < -0.3 is 20.4 Å². The number of rotatable bonds is 15. The highest BCUT2D eigenvalue weighted by molar-refractivity contribution is 5.56. The van der Waals surface area contributed by atoms with Crippen molar-refractivity contribution in [2.24, 2.45) is 0 Å². The lowest BCUT2D eigenvalue weighted by molar-refractivity contribution is 0.453. The number of hydrogen-bond acceptors (Lipinski definition) is 4. The maximum Gasteiger partial charge on any atom is 0.122 e. The minimum absolute atomic E-state index is 0.138. The second kappa shape index (κ2) is 15.8. The van der Waals surface area contributed by atoms with Gasteiger partial charge in [-0.3, -0.25) is 0 Å². The molecule has 0 radical (unpaired) electrons. The summed E-state index contributed by atoms with van der Waals surface area (Å²) in [6, 6.07) is 15.9. The van der Waals surface area contributed by atoms with E-state index in [-0.39, 0.29) is 29.4 Å². The van der Waals surface area contributed by atoms with Gasteiger partial charge in [-0.1, -0.05) is 91.9 Å². The van der Waals surface area contributed by atoms with Gasteiger partial charge >= 0.3 is 0 Å². The van der Waals surface area contributed by atoms with Gasteiger partial charge in [-0.25, -0.2) is 0 Å². The summed E-state index contributed by atoms with van der Waals surface area (Å²) >= 11 is 0. The van der Waals surface area contributed by atoms with Crippen molar-refractivity contribution in [2.75, 3.05) is 0 Å². The SMILES string of the molecule is C=CCc1cc(CC)c(O)c(Cc2cc(CC(=C)C)cc(Cc3cc(CC=C)cc(Cc4cc(CC(=C)C)cc(C)c4O)c3O)c2O)c1. The van der Waals surface area contributed by atoms with Crippen LogP contribution in [0.15, 0.2) is 98.1 Å². The molecule has 0 aromatic heterocycles. The van der Waals surface area contributed by atoms with Crippen LogP contribution < -0.4 is 0 Å². The molecule has 4 rings (SSSR count). The van der Waals surface area contributed by atoms with Crippen molar-refractivity contribution in [3.63, 3.8) is 0 Å². The molecule has 250 valence electrons. The van der Waals surface area contributed by atoms with Crippen molar-refractivity contribution >= 4 is 0 Å². The quantitative estimate of drug-likeness (QED) is 0.0974. The van der Waals surface area contributed by atoms with Crippen LogP contribution in [0.3, 0.4) is 0 Å². The van der Waals surface area contributed by atoms with Crippen molar-refractivity contribution in [2.45, 2.75) is 79.1 Å². The smallest absolute Gasteiger partial charge is 0.122 e. The van der Waals surface area contributed by atoms with Gasteiger partial charge in [0.15, 0.2) is 0 Å². The molecule has 4 aromatic carbocycles. The summed E-state index contributed by atoms with van der Waals surface area (Å²) in [7, 11) is 0. The average Bonchev–Trinajstić information content (AvgIpc) is 3.01. The van der Waals surface area contributed by atoms with Crippen LogP contribution in [0.4, 0.5) is 0 Å². The Morgan fingerprint density at radius 2 is 0.833 bits per heavy atom. The lowest BCUT2D eigenvalue weighted by Crippen LogP contribution is -2.02. The molecule has 0 amide bonds. The van der Waals surface area contributed by atoms with Crippen LogP contribution in [0.2, 0.25) is 0 Å². The molecule has 4 N–H and O–H groups in total. The number of benzene rings is 4. The predicted molar refractivity (Wildman–Crippen MR) is 200 cm³/mol. The van der Waals surface area contributed by atoms with E-state index in [9.17, 15) is 20.4 Å². The van der Waals surface area contributed by atoms with Crippen LogP contribution in [0.5, 0.6) is 23.0 Å². The van der Waals surface area contributed by atoms with E-state index in [1.54, 1.807) is 0 Å². The Hall–Kier alpha value is -4.96. The third kappa shape index (κ3) is 8.68. The highest BCUT2D eigenvalue weighted by Gasteiger charge is 2.19. The van der Waals surface area contributed by atoms with E-state index in [4.69, 9.17) is 0 Å². The standard InChI is InChI=1S/C44H50O4/c1-9-12-30-17-34(11-3)42(46)36(18-30)25-39-22-33(15-28(6)7)23-40(44(39)48)26-38-20-31(13-10-2)19-37(43(38)47)24-35-21-32(14-27(4)5)16-29(8)41(35)45/h9-10,16-23,45-48H,1-2,4,6,11-15,24-26H2,3,5,7-8H3. The summed E-state index contributed by atoms with van der Waals surface area (Å²) in [5.74, 6) is 0.750. The summed E-state index contributed by atoms with van der Waals surface area (Å²) in [6.45, 7) is 23.8. The number of allylic oxidation sites excluding steroid dienone is 4. The summed E-state index contributed by atoms with van der Waals surface area (Å²) in [5, 5.41) is 45.6. The monoisotopic (exact) mass is 642 g/mol. The first-order valence-electron chi connectivity index (χ1n) is 16.7.